The molecule has 7 heteroatoms. The van der Waals surface area contributed by atoms with Crippen LogP contribution in [0, 0.1) is 0 Å². The highest BCUT2D eigenvalue weighted by atomic mass is 28.4. The van der Waals surface area contributed by atoms with E-state index in [1.165, 1.54) is 4.90 Å². The molecule has 0 spiro atoms. The van der Waals surface area contributed by atoms with Crippen molar-refractivity contribution in [1.82, 2.24) is 9.80 Å². The van der Waals surface area contributed by atoms with E-state index < -0.39 is 22.2 Å². The lowest BCUT2D eigenvalue weighted by Gasteiger charge is -2.53. The first-order valence-electron chi connectivity index (χ1n) is 8.72. The first kappa shape index (κ1) is 18.1. The highest BCUT2D eigenvalue weighted by Gasteiger charge is 2.55. The van der Waals surface area contributed by atoms with Gasteiger partial charge in [-0.1, -0.05) is 51.4 Å². The Kier molecular flexibility index (Phi) is 4.07. The molecule has 0 aliphatic carbocycles. The van der Waals surface area contributed by atoms with Crippen LogP contribution in [0.25, 0.3) is 0 Å². The lowest BCUT2D eigenvalue weighted by Crippen LogP contribution is -2.75. The zero-order valence-electron chi connectivity index (χ0n) is 15.8. The van der Waals surface area contributed by atoms with Gasteiger partial charge in [0.2, 0.25) is 5.91 Å². The van der Waals surface area contributed by atoms with Gasteiger partial charge < -0.3 is 4.90 Å². The van der Waals surface area contributed by atoms with E-state index in [-0.39, 0.29) is 17.7 Å². The van der Waals surface area contributed by atoms with Crippen LogP contribution in [0.1, 0.15) is 20.7 Å². The summed E-state index contributed by atoms with van der Waals surface area (Å²) in [6.45, 7) is 14.2. The van der Waals surface area contributed by atoms with Gasteiger partial charge >= 0.3 is 0 Å². The smallest absolute Gasteiger partial charge is 0.262 e. The van der Waals surface area contributed by atoms with Crippen molar-refractivity contribution >= 4 is 33.9 Å². The second-order valence-electron chi connectivity index (χ2n) is 9.17. The number of amides is 3. The highest BCUT2D eigenvalue weighted by Crippen LogP contribution is 2.34. The molecular weight excluding hydrogens is 348 g/mol. The number of carbonyl (C=O) groups is 3. The topological polar surface area (TPSA) is 57.7 Å². The van der Waals surface area contributed by atoms with Crippen LogP contribution < -0.4 is 0 Å². The number of fused-ring (bicyclic) bond motifs is 1. The van der Waals surface area contributed by atoms with E-state index in [0.29, 0.717) is 23.0 Å². The van der Waals surface area contributed by atoms with Crippen LogP contribution in [-0.2, 0) is 4.79 Å². The Hall–Kier alpha value is -1.74. The van der Waals surface area contributed by atoms with Crippen molar-refractivity contribution in [3.63, 3.8) is 0 Å². The molecule has 3 rings (SSSR count). The van der Waals surface area contributed by atoms with Crippen LogP contribution >= 0.6 is 0 Å². The summed E-state index contributed by atoms with van der Waals surface area (Å²) in [5, 5.41) is 0.305. The maximum absolute atomic E-state index is 13.0. The van der Waals surface area contributed by atoms with E-state index in [2.05, 4.69) is 39.3 Å². The average molecular weight is 375 g/mol. The summed E-state index contributed by atoms with van der Waals surface area (Å²) in [5.74, 6) is -0.739. The molecule has 1 aromatic rings. The molecule has 1 aromatic carbocycles. The molecule has 1 fully saturated rings. The highest BCUT2D eigenvalue weighted by molar-refractivity contribution is 6.96. The van der Waals surface area contributed by atoms with Gasteiger partial charge in [0.15, 0.2) is 0 Å². The first-order valence-corrected chi connectivity index (χ1v) is 15.9. The Labute approximate surface area is 151 Å². The van der Waals surface area contributed by atoms with Gasteiger partial charge in [0.05, 0.1) is 33.8 Å². The van der Waals surface area contributed by atoms with Crippen molar-refractivity contribution in [2.24, 2.45) is 0 Å². The lowest BCUT2D eigenvalue weighted by molar-refractivity contribution is -0.147. The molecule has 3 amide bonds. The van der Waals surface area contributed by atoms with E-state index in [0.717, 1.165) is 0 Å². The Bertz CT molecular complexity index is 715. The summed E-state index contributed by atoms with van der Waals surface area (Å²) >= 11 is 0. The van der Waals surface area contributed by atoms with Crippen molar-refractivity contribution < 1.29 is 14.4 Å². The molecule has 0 saturated carbocycles. The number of hydrogen-bond acceptors (Lipinski definition) is 3. The summed E-state index contributed by atoms with van der Waals surface area (Å²) in [7, 11) is -3.17. The minimum atomic E-state index is -1.58. The zero-order chi connectivity index (χ0) is 18.7. The van der Waals surface area contributed by atoms with E-state index in [1.54, 1.807) is 24.3 Å². The predicted octanol–water partition coefficient (Wildman–Crippen LogP) is 2.62. The van der Waals surface area contributed by atoms with E-state index in [4.69, 9.17) is 0 Å². The number of nitrogens with zero attached hydrogens (tertiary/aromatic N) is 2. The fraction of sp³-hybridized carbons (Fsp3) is 0.500. The molecule has 1 atom stereocenters. The quantitative estimate of drug-likeness (QED) is 0.462. The van der Waals surface area contributed by atoms with Gasteiger partial charge in [0.1, 0.15) is 6.04 Å². The van der Waals surface area contributed by atoms with Crippen LogP contribution in [0.4, 0.5) is 0 Å². The third kappa shape index (κ3) is 2.79. The minimum absolute atomic E-state index is 0.0654. The summed E-state index contributed by atoms with van der Waals surface area (Å²) in [6.07, 6.45) is 0. The molecule has 0 unspecified atom stereocenters. The van der Waals surface area contributed by atoms with E-state index in [1.807, 2.05) is 4.90 Å². The number of benzene rings is 1. The molecule has 5 nitrogen and oxygen atoms in total. The fourth-order valence-electron chi connectivity index (χ4n) is 4.58. The largest absolute Gasteiger partial charge is 0.341 e. The first-order chi connectivity index (χ1) is 11.4. The molecule has 1 saturated heterocycles. The molecule has 0 radical (unpaired) electrons. The van der Waals surface area contributed by atoms with Gasteiger partial charge in [-0.15, -0.1) is 0 Å². The predicted molar refractivity (Wildman–Crippen MR) is 103 cm³/mol. The summed E-state index contributed by atoms with van der Waals surface area (Å²) < 4.78 is 0. The normalized spacial score (nSPS) is 21.1. The fourth-order valence-corrected chi connectivity index (χ4v) is 17.3. The summed E-state index contributed by atoms with van der Waals surface area (Å²) in [6, 6.07) is 6.17. The molecular formula is C18H26N2O3Si2. The van der Waals surface area contributed by atoms with Crippen molar-refractivity contribution in [3.05, 3.63) is 35.4 Å². The summed E-state index contributed by atoms with van der Waals surface area (Å²) in [5.41, 5.74) is 0.816. The molecule has 2 aliphatic rings. The van der Waals surface area contributed by atoms with Crippen LogP contribution in [0.3, 0.4) is 0 Å². The Morgan fingerprint density at radius 2 is 1.32 bits per heavy atom. The van der Waals surface area contributed by atoms with Crippen LogP contribution in [0.2, 0.25) is 39.3 Å². The van der Waals surface area contributed by atoms with Crippen molar-refractivity contribution in [2.45, 2.75) is 50.6 Å². The van der Waals surface area contributed by atoms with Gasteiger partial charge in [-0.05, 0) is 12.1 Å². The Balaban J connectivity index is 1.85. The van der Waals surface area contributed by atoms with E-state index >= 15 is 0 Å². The average Bonchev–Trinajstić information content (AvgIpc) is 2.73. The number of rotatable bonds is 4. The number of likely N-dealkylation sites (tertiary alicyclic amines) is 1. The maximum Gasteiger partial charge on any atom is 0.262 e. The van der Waals surface area contributed by atoms with Gasteiger partial charge in [-0.2, -0.15) is 0 Å². The second-order valence-corrected chi connectivity index (χ2v) is 20.3. The SMILES string of the molecule is C[Si](C)(C)C(N1C[C@H](N2C(=O)c3ccccc3C2=O)C1=O)[Si](C)(C)C. The number of hydrogen-bond donors (Lipinski definition) is 0. The van der Waals surface area contributed by atoms with Crippen LogP contribution in [0.15, 0.2) is 24.3 Å². The van der Waals surface area contributed by atoms with Gasteiger partial charge in [0, 0.05) is 5.29 Å². The van der Waals surface area contributed by atoms with Crippen molar-refractivity contribution in [1.29, 1.82) is 0 Å². The number of carbonyl (C=O) groups excluding carboxylic acids is 3. The van der Waals surface area contributed by atoms with Crippen molar-refractivity contribution in [2.75, 3.05) is 6.54 Å². The van der Waals surface area contributed by atoms with Gasteiger partial charge in [-0.25, -0.2) is 0 Å². The zero-order valence-corrected chi connectivity index (χ0v) is 17.8. The molecule has 25 heavy (non-hydrogen) atoms. The standard InChI is InChI=1S/C18H26N2O3Si2/c1-24(2,3)18(25(4,5)6)19-11-14(17(19)23)20-15(21)12-9-7-8-10-13(12)16(20)22/h7-10,14,18H,11H2,1-6H3/t14-/m0/s1. The lowest BCUT2D eigenvalue weighted by atomic mass is 10.1. The maximum atomic E-state index is 13.0. The monoisotopic (exact) mass is 374 g/mol. The van der Waals surface area contributed by atoms with Crippen LogP contribution in [0.5, 0.6) is 0 Å². The minimum Gasteiger partial charge on any atom is -0.341 e. The Morgan fingerprint density at radius 1 is 0.880 bits per heavy atom. The molecule has 0 aromatic heterocycles. The van der Waals surface area contributed by atoms with Gasteiger partial charge in [0.25, 0.3) is 11.8 Å². The van der Waals surface area contributed by atoms with Gasteiger partial charge in [-0.3, -0.25) is 19.3 Å². The van der Waals surface area contributed by atoms with Crippen molar-refractivity contribution in [3.8, 4) is 0 Å². The second kappa shape index (κ2) is 5.64. The van der Waals surface area contributed by atoms with E-state index in [9.17, 15) is 14.4 Å². The number of imide groups is 1. The Morgan fingerprint density at radius 3 is 1.68 bits per heavy atom. The molecule has 2 aliphatic heterocycles. The molecule has 0 N–H and O–H groups in total. The third-order valence-corrected chi connectivity index (χ3v) is 14.1. The molecule has 0 bridgehead atoms. The van der Waals surface area contributed by atoms with Crippen LogP contribution in [-0.4, -0.2) is 61.5 Å². The molecule has 134 valence electrons. The third-order valence-electron chi connectivity index (χ3n) is 5.03. The summed E-state index contributed by atoms with van der Waals surface area (Å²) in [4.78, 5) is 41.3. The molecule has 2 heterocycles. The number of β-lactam (4-membered cyclic amide) rings is 1.